The molecule has 0 aromatic carbocycles. The molecule has 0 bridgehead atoms. The number of ketones is 1. The number of carbonyl (C=O) groups is 3. The summed E-state index contributed by atoms with van der Waals surface area (Å²) < 4.78 is 91.3. The Morgan fingerprint density at radius 3 is 1.44 bits per heavy atom. The van der Waals surface area contributed by atoms with Crippen molar-refractivity contribution in [1.82, 2.24) is 99.2 Å². The van der Waals surface area contributed by atoms with Gasteiger partial charge >= 0.3 is 26.5 Å². The summed E-state index contributed by atoms with van der Waals surface area (Å²) in [5.74, 6) is -2.56. The minimum absolute atomic E-state index is 0. The van der Waals surface area contributed by atoms with Crippen LogP contribution in [0.2, 0.25) is 5.15 Å². The van der Waals surface area contributed by atoms with Gasteiger partial charge in [0.15, 0.2) is 11.5 Å². The molecular weight excluding hydrogens is 1870 g/mol. The first kappa shape index (κ1) is 95.6. The Hall–Kier alpha value is -10.7. The third-order valence-electron chi connectivity index (χ3n) is 23.1. The second-order valence-electron chi connectivity index (χ2n) is 33.5. The van der Waals surface area contributed by atoms with Crippen LogP contribution in [0.3, 0.4) is 0 Å². The fraction of sp³-hybridized carbons (Fsp3) is 0.463. The van der Waals surface area contributed by atoms with Gasteiger partial charge in [0, 0.05) is 179 Å². The van der Waals surface area contributed by atoms with Gasteiger partial charge in [0.1, 0.15) is 52.5 Å². The number of carbonyl (C=O) groups excluding carboxylic acids is 3. The van der Waals surface area contributed by atoms with Gasteiger partial charge in [-0.25, -0.2) is 44.1 Å². The second kappa shape index (κ2) is 40.1. The van der Waals surface area contributed by atoms with E-state index in [0.717, 1.165) is 142 Å². The van der Waals surface area contributed by atoms with Crippen molar-refractivity contribution in [2.45, 2.75) is 217 Å². The summed E-state index contributed by atoms with van der Waals surface area (Å²) in [6, 6.07) is 15.5. The number of hydrogen-bond donors (Lipinski definition) is 4. The normalized spacial score (nSPS) is 17.9. The minimum Gasteiger partial charge on any atom is -0.444 e. The summed E-state index contributed by atoms with van der Waals surface area (Å²) in [5, 5.41) is 58.9. The summed E-state index contributed by atoms with van der Waals surface area (Å²) in [5.41, 5.74) is 4.49. The number of halogens is 6. The molecule has 15 heterocycles. The molecule has 7 fully saturated rings. The average Bonchev–Trinajstić information content (AvgIpc) is 1.66. The maximum atomic E-state index is 13.8. The zero-order valence-corrected chi connectivity index (χ0v) is 76.3. The van der Waals surface area contributed by atoms with Gasteiger partial charge in [0.2, 0.25) is 0 Å². The summed E-state index contributed by atoms with van der Waals surface area (Å²) in [6.07, 6.45) is 33.3. The summed E-state index contributed by atoms with van der Waals surface area (Å²) in [6.45, 7) is 23.0. The molecule has 32 nitrogen and oxygen atoms in total. The topological polar surface area (TPSA) is 419 Å². The predicted octanol–water partition coefficient (Wildman–Crippen LogP) is 13.0. The van der Waals surface area contributed by atoms with Gasteiger partial charge in [0.05, 0.1) is 117 Å². The van der Waals surface area contributed by atoms with E-state index in [1.807, 2.05) is 158 Å². The molecular formula is C82H95B3Cl2F4N24O8U. The molecule has 4 saturated heterocycles. The number of allylic oxidation sites excluding steroid dienone is 1. The Morgan fingerprint density at radius 1 is 0.613 bits per heavy atom. The van der Waals surface area contributed by atoms with Crippen LogP contribution in [0.5, 0.6) is 0 Å². The molecule has 3 saturated carbocycles. The quantitative estimate of drug-likeness (QED) is 0.0404. The van der Waals surface area contributed by atoms with Gasteiger partial charge in [-0.3, -0.25) is 28.7 Å². The Bertz CT molecular complexity index is 5540. The molecule has 18 rings (SSSR count). The largest absolute Gasteiger partial charge is 0.498 e. The Kier molecular flexibility index (Phi) is 30.9. The summed E-state index contributed by atoms with van der Waals surface area (Å²) >= 11 is 5.73. The number of amides is 2. The van der Waals surface area contributed by atoms with Gasteiger partial charge in [-0.2, -0.15) is 54.6 Å². The molecule has 4 N–H and O–H groups in total. The molecule has 11 aromatic heterocycles. The van der Waals surface area contributed by atoms with E-state index in [9.17, 15) is 31.9 Å². The van der Waals surface area contributed by atoms with Crippen molar-refractivity contribution in [2.24, 2.45) is 0 Å². The van der Waals surface area contributed by atoms with E-state index in [0.29, 0.717) is 37.5 Å². The number of alkyl halides is 3. The van der Waals surface area contributed by atoms with Gasteiger partial charge in [0.25, 0.3) is 5.91 Å². The average molecular weight is 1960 g/mol. The maximum absolute atomic E-state index is 13.8. The molecule has 3 aliphatic carbocycles. The molecule has 42 heteroatoms. The molecule has 0 atom stereocenters. The first-order chi connectivity index (χ1) is 58.5. The van der Waals surface area contributed by atoms with Crippen LogP contribution < -0.4 is 10.9 Å². The van der Waals surface area contributed by atoms with Crippen molar-refractivity contribution in [3.63, 3.8) is 0 Å². The second-order valence-corrected chi connectivity index (χ2v) is 33.8. The molecule has 4 aliphatic heterocycles. The van der Waals surface area contributed by atoms with Gasteiger partial charge < -0.3 is 48.1 Å². The van der Waals surface area contributed by atoms with Crippen LogP contribution >= 0.6 is 24.0 Å². The number of likely N-dealkylation sites (tertiary alicyclic amines) is 2. The number of nitrogens with one attached hydrogen (secondary N) is 4. The number of Topliss-reactive ketones (excluding diaryl/α,β-unsaturated/α-hetero) is 1. The van der Waals surface area contributed by atoms with Crippen LogP contribution in [0.1, 0.15) is 182 Å². The molecule has 2 amide bonds. The molecule has 7 aliphatic rings. The number of H-pyrrole nitrogens is 4. The zero-order valence-electron chi connectivity index (χ0n) is 71.5. The zero-order chi connectivity index (χ0) is 88.9. The number of ether oxygens (including phenoxy) is 1. The first-order valence-electron chi connectivity index (χ1n) is 40.1. The molecule has 11 aromatic rings. The SMILES string of the molecule is CC(C)(C)OC(=O)N1CC(=CC#N)C1.CC1(C)OB(c2cn[nH]c2)OC1(C)C.CC1(C)OB(c2cnn(C3(CC#N)CCC3)c2)OC1(C)C.Cl.Clc1ncnc2[nH]ccc12.N#CCC1(n2cc(-c3ncnc4[nH]ccc34)cn2)CCC1.N#CCC1(n2cc(-c3ncnc4[nH]ccc34)cn2)CCC1.O=C1CCN(C(=O)c2ccnc(C(F)(F)F)c2F)CC1.[2H][B].[U]. The van der Waals surface area contributed by atoms with Gasteiger partial charge in [-0.1, -0.05) is 11.6 Å². The molecule has 2 radical (unpaired) electrons. The number of nitrogens with zero attached hydrogens (tertiary/aromatic N) is 20. The van der Waals surface area contributed by atoms with Crippen molar-refractivity contribution >= 4 is 108 Å². The summed E-state index contributed by atoms with van der Waals surface area (Å²) in [7, 11) is 3.06. The fourth-order valence-corrected chi connectivity index (χ4v) is 14.4. The van der Waals surface area contributed by atoms with Gasteiger partial charge in [-0.15, -0.1) is 12.4 Å². The number of pyridine rings is 1. The van der Waals surface area contributed by atoms with Crippen molar-refractivity contribution in [1.29, 1.82) is 22.4 Å². The van der Waals surface area contributed by atoms with E-state index < -0.39 is 34.8 Å². The predicted molar refractivity (Wildman–Crippen MR) is 453 cm³/mol. The van der Waals surface area contributed by atoms with Crippen molar-refractivity contribution < 1.29 is 86.4 Å². The number of rotatable bonds is 11. The fourth-order valence-electron chi connectivity index (χ4n) is 14.2. The Morgan fingerprint density at radius 2 is 1.04 bits per heavy atom. The third kappa shape index (κ3) is 21.8. The van der Waals surface area contributed by atoms with E-state index in [1.54, 1.807) is 42.3 Å². The van der Waals surface area contributed by atoms with E-state index in [1.165, 1.54) is 17.3 Å². The van der Waals surface area contributed by atoms with E-state index in [4.69, 9.17) is 57.3 Å². The van der Waals surface area contributed by atoms with Crippen molar-refractivity contribution in [3.8, 4) is 46.8 Å². The van der Waals surface area contributed by atoms with Crippen molar-refractivity contribution in [3.05, 3.63) is 151 Å². The molecule has 646 valence electrons. The first-order valence-corrected chi connectivity index (χ1v) is 39.9. The van der Waals surface area contributed by atoms with E-state index in [2.05, 4.69) is 102 Å². The number of piperidine rings is 1. The van der Waals surface area contributed by atoms with Crippen LogP contribution in [0.15, 0.2) is 129 Å². The van der Waals surface area contributed by atoms with E-state index >= 15 is 0 Å². The monoisotopic (exact) mass is 1960 g/mol. The smallest absolute Gasteiger partial charge is 0.444 e. The molecule has 124 heavy (non-hydrogen) atoms. The van der Waals surface area contributed by atoms with Crippen LogP contribution in [-0.2, 0) is 50.9 Å². The number of nitriles is 4. The summed E-state index contributed by atoms with van der Waals surface area (Å²) in [4.78, 5) is 74.1. The van der Waals surface area contributed by atoms with Gasteiger partial charge in [-0.05, 0) is 165 Å². The van der Waals surface area contributed by atoms with Crippen LogP contribution in [0.4, 0.5) is 22.4 Å². The Labute approximate surface area is 752 Å². The van der Waals surface area contributed by atoms with Crippen LogP contribution in [0.25, 0.3) is 55.6 Å². The maximum Gasteiger partial charge on any atom is 0.498 e. The standard InChI is InChI=1S/C15H22BN3O2.2C15H14N6.C12H10F4N2O2.C10H14N2O2.C9H15BN2O2.C6H4ClN3.BH.ClH.U/c1-13(2)14(3,4)21-16(20-13)12-10-18-19(11-12)15(8-9-17)6-5-7-15;2*16-6-5-15(3-1-4-15)21-9-11(8-20-21)13-12-2-7-17-14(12)19-10-18-13;13-9-8(1-4-17-10(9)12(14,15)16)11(20)18-5-2-7(19)3-6-18;1-10(2,3)14-9(13)12-6-8(7-12)4-5-11;1-8(2)9(3,4)14-10(13-8)7-5-11-12-6-7;7-5-4-1-2-8-6(4)10-3-9-5;;;/h10-11H,5-8H2,1-4H3;2*2,7-10H,1,3-5H2,(H,17,18,19);1,4H,2-3,5-6H2;4H,6-7H2,1-3H3;5-6H,1-4H3,(H,11,12);1-3H,(H,8,9,10);2*1H;/i;;;;;;;1D;;. The number of fused-ring (bicyclic) bond motifs is 3. The third-order valence-corrected chi connectivity index (χ3v) is 23.4. The number of aromatic amines is 4. The molecule has 0 spiro atoms. The number of aromatic nitrogens is 18. The molecule has 0 unspecified atom stereocenters. The van der Waals surface area contributed by atoms with Crippen molar-refractivity contribution in [2.75, 3.05) is 26.2 Å². The van der Waals surface area contributed by atoms with Crippen LogP contribution in [-0.4, -0.2) is 195 Å². The Balaban J connectivity index is 0.000000166. The number of hydrogen-bond acceptors (Lipinski definition) is 23. The van der Waals surface area contributed by atoms with Crippen LogP contribution in [0, 0.1) is 82.3 Å². The minimum atomic E-state index is -4.96. The van der Waals surface area contributed by atoms with E-state index in [-0.39, 0.29) is 135 Å².